The van der Waals surface area contributed by atoms with Crippen molar-refractivity contribution in [1.82, 2.24) is 19.6 Å². The van der Waals surface area contributed by atoms with Gasteiger partial charge in [0, 0.05) is 16.1 Å². The number of halogens is 2. The van der Waals surface area contributed by atoms with E-state index in [1.807, 2.05) is 24.3 Å². The van der Waals surface area contributed by atoms with Crippen molar-refractivity contribution in [2.24, 2.45) is 0 Å². The molecule has 0 aliphatic rings. The molecule has 0 atom stereocenters. The normalized spacial score (nSPS) is 10.9. The van der Waals surface area contributed by atoms with E-state index in [0.29, 0.717) is 10.8 Å². The first kappa shape index (κ1) is 10.7. The average Bonchev–Trinajstić information content (AvgIpc) is 2.73. The third kappa shape index (κ3) is 1.92. The molecule has 6 heteroatoms. The highest BCUT2D eigenvalue weighted by molar-refractivity contribution is 9.10. The van der Waals surface area contributed by atoms with Crippen molar-refractivity contribution in [3.05, 3.63) is 46.3 Å². The van der Waals surface area contributed by atoms with Gasteiger partial charge in [-0.25, -0.2) is 4.98 Å². The highest BCUT2D eigenvalue weighted by Crippen LogP contribution is 2.21. The van der Waals surface area contributed by atoms with Crippen molar-refractivity contribution < 1.29 is 0 Å². The minimum Gasteiger partial charge on any atom is -0.265 e. The lowest BCUT2D eigenvalue weighted by Crippen LogP contribution is -1.90. The second-order valence-electron chi connectivity index (χ2n) is 3.47. The maximum Gasteiger partial charge on any atom is 0.169 e. The molecule has 0 amide bonds. The monoisotopic (exact) mass is 308 g/mol. The van der Waals surface area contributed by atoms with Crippen LogP contribution in [0, 0.1) is 0 Å². The van der Waals surface area contributed by atoms with Gasteiger partial charge in [0.1, 0.15) is 11.5 Å². The molecule has 0 spiro atoms. The standard InChI is InChI=1S/C11H6BrClN4/c12-8-3-1-7(2-4-8)11-16-15-10-5-9(13)14-6-17(10)11/h1-6H. The summed E-state index contributed by atoms with van der Waals surface area (Å²) >= 11 is 9.19. The molecule has 0 aliphatic heterocycles. The quantitative estimate of drug-likeness (QED) is 0.648. The van der Waals surface area contributed by atoms with Crippen LogP contribution in [-0.4, -0.2) is 19.6 Å². The molecule has 3 rings (SSSR count). The molecule has 4 nitrogen and oxygen atoms in total. The van der Waals surface area contributed by atoms with Crippen molar-refractivity contribution in [2.75, 3.05) is 0 Å². The number of nitrogens with zero attached hydrogens (tertiary/aromatic N) is 4. The summed E-state index contributed by atoms with van der Waals surface area (Å²) in [5, 5.41) is 8.60. The Morgan fingerprint density at radius 2 is 1.88 bits per heavy atom. The first-order valence-corrected chi connectivity index (χ1v) is 6.03. The van der Waals surface area contributed by atoms with Crippen LogP contribution in [0.2, 0.25) is 5.15 Å². The summed E-state index contributed by atoms with van der Waals surface area (Å²) in [7, 11) is 0. The van der Waals surface area contributed by atoms with E-state index < -0.39 is 0 Å². The number of hydrogen-bond donors (Lipinski definition) is 0. The Hall–Kier alpha value is -1.46. The van der Waals surface area contributed by atoms with Crippen molar-refractivity contribution in [1.29, 1.82) is 0 Å². The van der Waals surface area contributed by atoms with E-state index in [0.717, 1.165) is 15.9 Å². The van der Waals surface area contributed by atoms with Gasteiger partial charge < -0.3 is 0 Å². The van der Waals surface area contributed by atoms with Gasteiger partial charge in [-0.2, -0.15) is 0 Å². The summed E-state index contributed by atoms with van der Waals surface area (Å²) in [4.78, 5) is 4.02. The van der Waals surface area contributed by atoms with Crippen molar-refractivity contribution in [2.45, 2.75) is 0 Å². The van der Waals surface area contributed by atoms with Gasteiger partial charge in [-0.05, 0) is 12.1 Å². The van der Waals surface area contributed by atoms with E-state index in [1.54, 1.807) is 16.8 Å². The summed E-state index contributed by atoms with van der Waals surface area (Å²) < 4.78 is 2.83. The third-order valence-electron chi connectivity index (χ3n) is 2.37. The van der Waals surface area contributed by atoms with Crippen LogP contribution in [0.5, 0.6) is 0 Å². The van der Waals surface area contributed by atoms with Gasteiger partial charge in [0.05, 0.1) is 0 Å². The lowest BCUT2D eigenvalue weighted by atomic mass is 10.2. The highest BCUT2D eigenvalue weighted by atomic mass is 79.9. The van der Waals surface area contributed by atoms with Crippen molar-refractivity contribution in [3.8, 4) is 11.4 Å². The molecule has 0 saturated carbocycles. The number of fused-ring (bicyclic) bond motifs is 1. The Morgan fingerprint density at radius 3 is 2.65 bits per heavy atom. The average molecular weight is 310 g/mol. The van der Waals surface area contributed by atoms with Crippen LogP contribution in [0.3, 0.4) is 0 Å². The molecule has 0 saturated heterocycles. The minimum atomic E-state index is 0.409. The molecule has 0 unspecified atom stereocenters. The smallest absolute Gasteiger partial charge is 0.169 e. The van der Waals surface area contributed by atoms with Gasteiger partial charge in [0.25, 0.3) is 0 Å². The van der Waals surface area contributed by atoms with Crippen molar-refractivity contribution in [3.63, 3.8) is 0 Å². The van der Waals surface area contributed by atoms with E-state index in [9.17, 15) is 0 Å². The Kier molecular flexibility index (Phi) is 2.57. The summed E-state index contributed by atoms with van der Waals surface area (Å²) in [5.41, 5.74) is 1.66. The zero-order chi connectivity index (χ0) is 11.8. The van der Waals surface area contributed by atoms with E-state index in [1.165, 1.54) is 0 Å². The van der Waals surface area contributed by atoms with E-state index in [-0.39, 0.29) is 0 Å². The predicted octanol–water partition coefficient (Wildman–Crippen LogP) is 3.21. The molecule has 2 heterocycles. The van der Waals surface area contributed by atoms with Crippen LogP contribution >= 0.6 is 27.5 Å². The highest BCUT2D eigenvalue weighted by Gasteiger charge is 2.08. The number of aromatic nitrogens is 4. The van der Waals surface area contributed by atoms with Crippen LogP contribution in [0.25, 0.3) is 17.0 Å². The Morgan fingerprint density at radius 1 is 1.12 bits per heavy atom. The van der Waals surface area contributed by atoms with Crippen LogP contribution < -0.4 is 0 Å². The van der Waals surface area contributed by atoms with Gasteiger partial charge in [0.2, 0.25) is 0 Å². The third-order valence-corrected chi connectivity index (χ3v) is 3.10. The van der Waals surface area contributed by atoms with Gasteiger partial charge in [-0.1, -0.05) is 39.7 Å². The number of benzene rings is 1. The first-order valence-electron chi connectivity index (χ1n) is 4.86. The second-order valence-corrected chi connectivity index (χ2v) is 4.77. The zero-order valence-corrected chi connectivity index (χ0v) is 10.9. The summed E-state index contributed by atoms with van der Waals surface area (Å²) in [6, 6.07) is 9.53. The Labute approximate surface area is 110 Å². The van der Waals surface area contributed by atoms with Gasteiger partial charge >= 0.3 is 0 Å². The van der Waals surface area contributed by atoms with E-state index >= 15 is 0 Å². The maximum absolute atomic E-state index is 5.80. The first-order chi connectivity index (χ1) is 8.24. The number of rotatable bonds is 1. The maximum atomic E-state index is 5.80. The molecule has 17 heavy (non-hydrogen) atoms. The molecule has 2 aromatic heterocycles. The van der Waals surface area contributed by atoms with Gasteiger partial charge in [0.15, 0.2) is 11.5 Å². The summed E-state index contributed by atoms with van der Waals surface area (Å²) in [6.07, 6.45) is 1.62. The van der Waals surface area contributed by atoms with Gasteiger partial charge in [-0.3, -0.25) is 4.40 Å². The molecule has 0 fully saturated rings. The van der Waals surface area contributed by atoms with Crippen molar-refractivity contribution >= 4 is 33.2 Å². The molecule has 0 aliphatic carbocycles. The lowest BCUT2D eigenvalue weighted by molar-refractivity contribution is 1.08. The number of hydrogen-bond acceptors (Lipinski definition) is 3. The lowest BCUT2D eigenvalue weighted by Gasteiger charge is -1.99. The van der Waals surface area contributed by atoms with Crippen LogP contribution in [-0.2, 0) is 0 Å². The van der Waals surface area contributed by atoms with E-state index in [4.69, 9.17) is 11.6 Å². The largest absolute Gasteiger partial charge is 0.265 e. The molecule has 1 aromatic carbocycles. The molecule has 0 N–H and O–H groups in total. The molecular weight excluding hydrogens is 304 g/mol. The Bertz CT molecular complexity index is 678. The van der Waals surface area contributed by atoms with Crippen LogP contribution in [0.4, 0.5) is 0 Å². The van der Waals surface area contributed by atoms with Gasteiger partial charge in [-0.15, -0.1) is 10.2 Å². The molecule has 3 aromatic rings. The topological polar surface area (TPSA) is 43.1 Å². The van der Waals surface area contributed by atoms with Crippen LogP contribution in [0.1, 0.15) is 0 Å². The zero-order valence-electron chi connectivity index (χ0n) is 8.51. The minimum absolute atomic E-state index is 0.409. The summed E-state index contributed by atoms with van der Waals surface area (Å²) in [6.45, 7) is 0. The predicted molar refractivity (Wildman–Crippen MR) is 68.9 cm³/mol. The second kappa shape index (κ2) is 4.09. The fourth-order valence-electron chi connectivity index (χ4n) is 1.57. The Balaban J connectivity index is 2.21. The molecule has 0 bridgehead atoms. The molecule has 84 valence electrons. The van der Waals surface area contributed by atoms with E-state index in [2.05, 4.69) is 31.1 Å². The molecular formula is C11H6BrClN4. The molecule has 0 radical (unpaired) electrons. The van der Waals surface area contributed by atoms with Crippen LogP contribution in [0.15, 0.2) is 41.1 Å². The summed E-state index contributed by atoms with van der Waals surface area (Å²) in [5.74, 6) is 0.747. The fraction of sp³-hybridized carbons (Fsp3) is 0. The SMILES string of the molecule is Clc1cc2nnc(-c3ccc(Br)cc3)n2cn1. The fourth-order valence-corrected chi connectivity index (χ4v) is 1.97.